The zero-order chi connectivity index (χ0) is 17.8. The van der Waals surface area contributed by atoms with Gasteiger partial charge in [0, 0.05) is 31.8 Å². The van der Waals surface area contributed by atoms with Gasteiger partial charge in [-0.15, -0.1) is 0 Å². The van der Waals surface area contributed by atoms with E-state index in [2.05, 4.69) is 4.98 Å². The number of ether oxygens (including phenoxy) is 1. The van der Waals surface area contributed by atoms with Crippen molar-refractivity contribution in [2.45, 2.75) is 18.9 Å². The third-order valence-electron chi connectivity index (χ3n) is 4.43. The molecule has 0 spiro atoms. The molecule has 25 heavy (non-hydrogen) atoms. The molecule has 1 aromatic carbocycles. The summed E-state index contributed by atoms with van der Waals surface area (Å²) in [6.45, 7) is 1.25. The van der Waals surface area contributed by atoms with Crippen LogP contribution >= 0.6 is 0 Å². The SMILES string of the molecule is COCCN(Cc1ccccn1)C(=O)[C@H]1C[C@@H]1c1ccc(F)cc1F. The van der Waals surface area contributed by atoms with Crippen molar-refractivity contribution in [2.75, 3.05) is 20.3 Å². The number of methoxy groups -OCH3 is 1. The summed E-state index contributed by atoms with van der Waals surface area (Å²) >= 11 is 0. The molecule has 0 radical (unpaired) electrons. The fraction of sp³-hybridized carbons (Fsp3) is 0.368. The Hall–Kier alpha value is -2.34. The second-order valence-corrected chi connectivity index (χ2v) is 6.19. The van der Waals surface area contributed by atoms with Gasteiger partial charge < -0.3 is 9.64 Å². The minimum Gasteiger partial charge on any atom is -0.383 e. The van der Waals surface area contributed by atoms with Crippen molar-refractivity contribution in [2.24, 2.45) is 5.92 Å². The summed E-state index contributed by atoms with van der Waals surface area (Å²) in [4.78, 5) is 18.8. The summed E-state index contributed by atoms with van der Waals surface area (Å²) in [5.74, 6) is -1.71. The highest BCUT2D eigenvalue weighted by atomic mass is 19.1. The molecule has 0 bridgehead atoms. The molecule has 1 aromatic heterocycles. The number of halogens is 2. The minimum atomic E-state index is -0.610. The van der Waals surface area contributed by atoms with Crippen LogP contribution < -0.4 is 0 Å². The first kappa shape index (κ1) is 17.5. The lowest BCUT2D eigenvalue weighted by molar-refractivity contribution is -0.134. The highest BCUT2D eigenvalue weighted by Crippen LogP contribution is 2.49. The number of hydrogen-bond donors (Lipinski definition) is 0. The summed E-state index contributed by atoms with van der Waals surface area (Å²) in [6.07, 6.45) is 2.26. The van der Waals surface area contributed by atoms with Gasteiger partial charge in [-0.1, -0.05) is 12.1 Å². The number of hydrogen-bond acceptors (Lipinski definition) is 3. The van der Waals surface area contributed by atoms with Crippen molar-refractivity contribution >= 4 is 5.91 Å². The van der Waals surface area contributed by atoms with E-state index in [0.29, 0.717) is 31.7 Å². The van der Waals surface area contributed by atoms with Crippen LogP contribution in [0.5, 0.6) is 0 Å². The molecule has 1 saturated carbocycles. The minimum absolute atomic E-state index is 0.0450. The third-order valence-corrected chi connectivity index (χ3v) is 4.43. The Morgan fingerprint density at radius 3 is 2.84 bits per heavy atom. The van der Waals surface area contributed by atoms with E-state index in [1.807, 2.05) is 18.2 Å². The molecule has 0 saturated heterocycles. The molecule has 3 rings (SSSR count). The van der Waals surface area contributed by atoms with Crippen LogP contribution in [0.3, 0.4) is 0 Å². The van der Waals surface area contributed by atoms with E-state index in [0.717, 1.165) is 11.8 Å². The number of pyridine rings is 1. The van der Waals surface area contributed by atoms with E-state index >= 15 is 0 Å². The molecule has 1 fully saturated rings. The summed E-state index contributed by atoms with van der Waals surface area (Å²) in [5.41, 5.74) is 1.20. The van der Waals surface area contributed by atoms with Crippen LogP contribution in [0.25, 0.3) is 0 Å². The lowest BCUT2D eigenvalue weighted by Gasteiger charge is -2.22. The zero-order valence-electron chi connectivity index (χ0n) is 14.0. The van der Waals surface area contributed by atoms with Crippen molar-refractivity contribution in [3.63, 3.8) is 0 Å². The number of rotatable bonds is 7. The quantitative estimate of drug-likeness (QED) is 0.773. The van der Waals surface area contributed by atoms with Gasteiger partial charge in [0.1, 0.15) is 11.6 Å². The summed E-state index contributed by atoms with van der Waals surface area (Å²) in [5, 5.41) is 0. The van der Waals surface area contributed by atoms with Crippen LogP contribution in [0.4, 0.5) is 8.78 Å². The average Bonchev–Trinajstić information content (AvgIpc) is 3.39. The molecule has 1 aliphatic carbocycles. The van der Waals surface area contributed by atoms with Crippen molar-refractivity contribution in [1.82, 2.24) is 9.88 Å². The molecule has 4 nitrogen and oxygen atoms in total. The van der Waals surface area contributed by atoms with Gasteiger partial charge >= 0.3 is 0 Å². The Bertz CT molecular complexity index is 739. The Morgan fingerprint density at radius 2 is 2.16 bits per heavy atom. The van der Waals surface area contributed by atoms with Gasteiger partial charge in [0.25, 0.3) is 0 Å². The molecule has 6 heteroatoms. The maximum atomic E-state index is 13.9. The predicted molar refractivity (Wildman–Crippen MR) is 88.7 cm³/mol. The second kappa shape index (κ2) is 7.70. The number of carbonyl (C=O) groups is 1. The Balaban J connectivity index is 1.70. The van der Waals surface area contributed by atoms with Crippen molar-refractivity contribution in [1.29, 1.82) is 0 Å². The third kappa shape index (κ3) is 4.20. The monoisotopic (exact) mass is 346 g/mol. The fourth-order valence-electron chi connectivity index (χ4n) is 3.00. The molecule has 0 aliphatic heterocycles. The largest absolute Gasteiger partial charge is 0.383 e. The molecule has 1 amide bonds. The first-order valence-corrected chi connectivity index (χ1v) is 8.22. The van der Waals surface area contributed by atoms with Gasteiger partial charge in [-0.25, -0.2) is 8.78 Å². The van der Waals surface area contributed by atoms with Crippen LogP contribution in [0.15, 0.2) is 42.6 Å². The van der Waals surface area contributed by atoms with E-state index < -0.39 is 11.6 Å². The highest BCUT2D eigenvalue weighted by molar-refractivity contribution is 5.83. The van der Waals surface area contributed by atoms with Gasteiger partial charge in [-0.05, 0) is 36.1 Å². The molecule has 1 aliphatic rings. The van der Waals surface area contributed by atoms with Gasteiger partial charge in [0.05, 0.1) is 18.8 Å². The van der Waals surface area contributed by atoms with E-state index in [4.69, 9.17) is 4.74 Å². The highest BCUT2D eigenvalue weighted by Gasteiger charge is 2.46. The normalized spacial score (nSPS) is 18.8. The standard InChI is InChI=1S/C19H20F2N2O2/c1-25-9-8-23(12-14-4-2-3-7-22-14)19(24)17-11-16(17)15-6-5-13(20)10-18(15)21/h2-7,10,16-17H,8-9,11-12H2,1H3/t16-,17+/m1/s1. The van der Waals surface area contributed by atoms with Crippen LogP contribution in [-0.4, -0.2) is 36.1 Å². The smallest absolute Gasteiger partial charge is 0.226 e. The molecule has 132 valence electrons. The number of benzene rings is 1. The molecule has 2 atom stereocenters. The molecule has 2 aromatic rings. The second-order valence-electron chi connectivity index (χ2n) is 6.19. The van der Waals surface area contributed by atoms with Crippen LogP contribution in [-0.2, 0) is 16.1 Å². The van der Waals surface area contributed by atoms with Gasteiger partial charge in [0.15, 0.2) is 0 Å². The molecular formula is C19H20F2N2O2. The van der Waals surface area contributed by atoms with Crippen LogP contribution in [0.2, 0.25) is 0 Å². The number of nitrogens with zero attached hydrogens (tertiary/aromatic N) is 2. The van der Waals surface area contributed by atoms with Crippen LogP contribution in [0.1, 0.15) is 23.6 Å². The van der Waals surface area contributed by atoms with Crippen molar-refractivity contribution in [3.8, 4) is 0 Å². The summed E-state index contributed by atoms with van der Waals surface area (Å²) in [7, 11) is 1.58. The maximum absolute atomic E-state index is 13.9. The van der Waals surface area contributed by atoms with Crippen molar-refractivity contribution < 1.29 is 18.3 Å². The fourth-order valence-corrected chi connectivity index (χ4v) is 3.00. The lowest BCUT2D eigenvalue weighted by atomic mass is 10.1. The summed E-state index contributed by atoms with van der Waals surface area (Å²) < 4.78 is 32.1. The Labute approximate surface area is 145 Å². The lowest BCUT2D eigenvalue weighted by Crippen LogP contribution is -2.35. The van der Waals surface area contributed by atoms with E-state index in [9.17, 15) is 13.6 Å². The maximum Gasteiger partial charge on any atom is 0.226 e. The van der Waals surface area contributed by atoms with Gasteiger partial charge in [-0.3, -0.25) is 9.78 Å². The first-order valence-electron chi connectivity index (χ1n) is 8.22. The van der Waals surface area contributed by atoms with Gasteiger partial charge in [0.2, 0.25) is 5.91 Å². The zero-order valence-corrected chi connectivity index (χ0v) is 14.0. The Morgan fingerprint density at radius 1 is 1.32 bits per heavy atom. The van der Waals surface area contributed by atoms with E-state index in [-0.39, 0.29) is 17.7 Å². The predicted octanol–water partition coefficient (Wildman–Crippen LogP) is 3.14. The average molecular weight is 346 g/mol. The molecular weight excluding hydrogens is 326 g/mol. The first-order chi connectivity index (χ1) is 12.1. The molecule has 0 N–H and O–H groups in total. The number of aromatic nitrogens is 1. The van der Waals surface area contributed by atoms with Gasteiger partial charge in [-0.2, -0.15) is 0 Å². The summed E-state index contributed by atoms with van der Waals surface area (Å²) in [6, 6.07) is 9.08. The van der Waals surface area contributed by atoms with E-state index in [1.54, 1.807) is 18.2 Å². The van der Waals surface area contributed by atoms with Crippen molar-refractivity contribution in [3.05, 3.63) is 65.5 Å². The number of amides is 1. The van der Waals surface area contributed by atoms with E-state index in [1.165, 1.54) is 12.1 Å². The molecule has 0 unspecified atom stereocenters. The topological polar surface area (TPSA) is 42.4 Å². The van der Waals surface area contributed by atoms with Crippen LogP contribution in [0, 0.1) is 17.6 Å². The number of carbonyl (C=O) groups excluding carboxylic acids is 1. The Kier molecular flexibility index (Phi) is 5.38. The molecule has 1 heterocycles.